The second kappa shape index (κ2) is 6.42. The third-order valence-electron chi connectivity index (χ3n) is 2.92. The molecule has 0 spiro atoms. The first-order valence-electron chi connectivity index (χ1n) is 5.80. The number of nitrogens with zero attached hydrogens (tertiary/aromatic N) is 1. The largest absolute Gasteiger partial charge is 0.480 e. The number of rotatable bonds is 7. The molecule has 1 aromatic heterocycles. The number of aromatic nitrogens is 1. The summed E-state index contributed by atoms with van der Waals surface area (Å²) >= 11 is 0. The van der Waals surface area contributed by atoms with Crippen molar-refractivity contribution in [1.82, 2.24) is 4.57 Å². The van der Waals surface area contributed by atoms with Crippen molar-refractivity contribution in [1.29, 1.82) is 0 Å². The molecule has 0 saturated carbocycles. The quantitative estimate of drug-likeness (QED) is 0.617. The van der Waals surface area contributed by atoms with Gasteiger partial charge in [0, 0.05) is 17.9 Å². The molecule has 0 aromatic carbocycles. The minimum atomic E-state index is -0.946. The number of aliphatic carboxylic acids is 1. The van der Waals surface area contributed by atoms with E-state index < -0.39 is 12.0 Å². The van der Waals surface area contributed by atoms with Gasteiger partial charge in [0.15, 0.2) is 0 Å². The van der Waals surface area contributed by atoms with Crippen LogP contribution in [0.15, 0.2) is 12.1 Å². The number of unbranched alkanes of at least 4 members (excludes halogenated alkanes) is 1. The highest BCUT2D eigenvalue weighted by Crippen LogP contribution is 2.11. The number of aryl methyl sites for hydroxylation is 1. The Bertz CT molecular complexity index is 374. The van der Waals surface area contributed by atoms with Gasteiger partial charge in [0.2, 0.25) is 0 Å². The lowest BCUT2D eigenvalue weighted by Crippen LogP contribution is -2.29. The highest BCUT2D eigenvalue weighted by atomic mass is 16.4. The van der Waals surface area contributed by atoms with Crippen LogP contribution >= 0.6 is 0 Å². The molecule has 0 aliphatic carbocycles. The molecule has 0 bridgehead atoms. The van der Waals surface area contributed by atoms with E-state index in [-0.39, 0.29) is 6.61 Å². The van der Waals surface area contributed by atoms with Crippen molar-refractivity contribution in [2.75, 3.05) is 0 Å². The third-order valence-corrected chi connectivity index (χ3v) is 2.92. The SMILES string of the molecule is Cc1ccc(CO)n1CCCCC(N)C(=O)O. The zero-order valence-corrected chi connectivity index (χ0v) is 10.1. The lowest BCUT2D eigenvalue weighted by molar-refractivity contribution is -0.138. The molecule has 1 rings (SSSR count). The standard InChI is InChI=1S/C12H20N2O3/c1-9-5-6-10(8-15)14(9)7-3-2-4-11(13)12(16)17/h5-6,11,15H,2-4,7-8,13H2,1H3,(H,16,17). The minimum absolute atomic E-state index is 0.0302. The molecule has 1 heterocycles. The van der Waals surface area contributed by atoms with Crippen LogP contribution < -0.4 is 5.73 Å². The zero-order chi connectivity index (χ0) is 12.8. The molecule has 17 heavy (non-hydrogen) atoms. The Morgan fingerprint density at radius 3 is 2.76 bits per heavy atom. The van der Waals surface area contributed by atoms with Crippen LogP contribution in [0.5, 0.6) is 0 Å². The van der Waals surface area contributed by atoms with Gasteiger partial charge in [0.25, 0.3) is 0 Å². The molecule has 0 aliphatic rings. The fourth-order valence-corrected chi connectivity index (χ4v) is 1.84. The summed E-state index contributed by atoms with van der Waals surface area (Å²) in [6.07, 6.45) is 2.13. The molecule has 5 nitrogen and oxygen atoms in total. The molecule has 96 valence electrons. The maximum Gasteiger partial charge on any atom is 0.320 e. The second-order valence-corrected chi connectivity index (χ2v) is 4.22. The molecule has 0 amide bonds. The first kappa shape index (κ1) is 13.7. The van der Waals surface area contributed by atoms with Crippen LogP contribution in [0.25, 0.3) is 0 Å². The lowest BCUT2D eigenvalue weighted by atomic mass is 10.1. The van der Waals surface area contributed by atoms with E-state index in [1.807, 2.05) is 23.6 Å². The van der Waals surface area contributed by atoms with Gasteiger partial charge in [0.1, 0.15) is 6.04 Å². The van der Waals surface area contributed by atoms with Gasteiger partial charge >= 0.3 is 5.97 Å². The Balaban J connectivity index is 2.35. The molecular weight excluding hydrogens is 220 g/mol. The van der Waals surface area contributed by atoms with E-state index in [4.69, 9.17) is 15.9 Å². The van der Waals surface area contributed by atoms with Gasteiger partial charge in [-0.3, -0.25) is 4.79 Å². The average Bonchev–Trinajstić information content (AvgIpc) is 2.65. The van der Waals surface area contributed by atoms with E-state index in [0.717, 1.165) is 30.8 Å². The fourth-order valence-electron chi connectivity index (χ4n) is 1.84. The number of hydrogen-bond donors (Lipinski definition) is 3. The van der Waals surface area contributed by atoms with Gasteiger partial charge in [-0.05, 0) is 38.3 Å². The summed E-state index contributed by atoms with van der Waals surface area (Å²) in [5.41, 5.74) is 7.42. The van der Waals surface area contributed by atoms with Gasteiger partial charge < -0.3 is 20.5 Å². The Kier molecular flexibility index (Phi) is 5.18. The average molecular weight is 240 g/mol. The Hall–Kier alpha value is -1.33. The smallest absolute Gasteiger partial charge is 0.320 e. The number of hydrogen-bond acceptors (Lipinski definition) is 3. The van der Waals surface area contributed by atoms with Crippen molar-refractivity contribution in [2.24, 2.45) is 5.73 Å². The molecule has 4 N–H and O–H groups in total. The van der Waals surface area contributed by atoms with Gasteiger partial charge in [-0.25, -0.2) is 0 Å². The van der Waals surface area contributed by atoms with E-state index in [2.05, 4.69) is 0 Å². The van der Waals surface area contributed by atoms with Crippen molar-refractivity contribution >= 4 is 5.97 Å². The fraction of sp³-hybridized carbons (Fsp3) is 0.583. The number of carboxylic acids is 1. The lowest BCUT2D eigenvalue weighted by Gasteiger charge is -2.11. The highest BCUT2D eigenvalue weighted by molar-refractivity contribution is 5.72. The maximum atomic E-state index is 10.5. The van der Waals surface area contributed by atoms with Gasteiger partial charge in [-0.1, -0.05) is 0 Å². The van der Waals surface area contributed by atoms with Crippen molar-refractivity contribution in [3.05, 3.63) is 23.5 Å². The minimum Gasteiger partial charge on any atom is -0.480 e. The molecule has 0 aliphatic heterocycles. The second-order valence-electron chi connectivity index (χ2n) is 4.22. The van der Waals surface area contributed by atoms with Crippen molar-refractivity contribution < 1.29 is 15.0 Å². The summed E-state index contributed by atoms with van der Waals surface area (Å²) in [6, 6.07) is 3.10. The van der Waals surface area contributed by atoms with E-state index in [0.29, 0.717) is 6.42 Å². The predicted molar refractivity (Wildman–Crippen MR) is 64.6 cm³/mol. The molecule has 0 radical (unpaired) electrons. The first-order valence-corrected chi connectivity index (χ1v) is 5.80. The van der Waals surface area contributed by atoms with Crippen LogP contribution in [0.4, 0.5) is 0 Å². The summed E-state index contributed by atoms with van der Waals surface area (Å²) in [4.78, 5) is 10.5. The Morgan fingerprint density at radius 2 is 2.18 bits per heavy atom. The topological polar surface area (TPSA) is 88.5 Å². The van der Waals surface area contributed by atoms with Crippen LogP contribution in [-0.2, 0) is 17.9 Å². The summed E-state index contributed by atoms with van der Waals surface area (Å²) in [5, 5.41) is 17.8. The summed E-state index contributed by atoms with van der Waals surface area (Å²) in [5.74, 6) is -0.946. The van der Waals surface area contributed by atoms with Crippen LogP contribution in [-0.4, -0.2) is 26.8 Å². The summed E-state index contributed by atoms with van der Waals surface area (Å²) < 4.78 is 2.05. The van der Waals surface area contributed by atoms with E-state index in [9.17, 15) is 4.79 Å². The Morgan fingerprint density at radius 1 is 1.47 bits per heavy atom. The number of aliphatic hydroxyl groups excluding tert-OH is 1. The number of carbonyl (C=O) groups is 1. The van der Waals surface area contributed by atoms with Crippen LogP contribution in [0, 0.1) is 6.92 Å². The molecular formula is C12H20N2O3. The number of nitrogens with two attached hydrogens (primary N) is 1. The Labute approximate surface area is 101 Å². The van der Waals surface area contributed by atoms with Crippen molar-refractivity contribution in [3.8, 4) is 0 Å². The number of carboxylic acid groups (broad SMARTS) is 1. The van der Waals surface area contributed by atoms with Crippen molar-refractivity contribution in [2.45, 2.75) is 45.4 Å². The van der Waals surface area contributed by atoms with Gasteiger partial charge in [-0.15, -0.1) is 0 Å². The zero-order valence-electron chi connectivity index (χ0n) is 10.1. The van der Waals surface area contributed by atoms with E-state index in [1.165, 1.54) is 0 Å². The molecule has 1 unspecified atom stereocenters. The monoisotopic (exact) mass is 240 g/mol. The highest BCUT2D eigenvalue weighted by Gasteiger charge is 2.10. The van der Waals surface area contributed by atoms with E-state index >= 15 is 0 Å². The molecule has 1 aromatic rings. The number of aliphatic hydroxyl groups is 1. The summed E-state index contributed by atoms with van der Waals surface area (Å²) in [6.45, 7) is 2.81. The van der Waals surface area contributed by atoms with E-state index in [1.54, 1.807) is 0 Å². The van der Waals surface area contributed by atoms with Gasteiger partial charge in [0.05, 0.1) is 6.61 Å². The maximum absolute atomic E-state index is 10.5. The van der Waals surface area contributed by atoms with Gasteiger partial charge in [-0.2, -0.15) is 0 Å². The molecule has 1 atom stereocenters. The molecule has 0 fully saturated rings. The predicted octanol–water partition coefficient (Wildman–Crippen LogP) is 0.871. The third kappa shape index (κ3) is 3.87. The van der Waals surface area contributed by atoms with Crippen LogP contribution in [0.3, 0.4) is 0 Å². The van der Waals surface area contributed by atoms with Crippen molar-refractivity contribution in [3.63, 3.8) is 0 Å². The summed E-state index contributed by atoms with van der Waals surface area (Å²) in [7, 11) is 0. The molecule has 5 heteroatoms. The first-order chi connectivity index (χ1) is 8.06. The van der Waals surface area contributed by atoms with Crippen LogP contribution in [0.1, 0.15) is 30.7 Å². The normalized spacial score (nSPS) is 12.6. The van der Waals surface area contributed by atoms with Crippen LogP contribution in [0.2, 0.25) is 0 Å². The molecule has 0 saturated heterocycles.